The minimum absolute atomic E-state index is 0. The van der Waals surface area contributed by atoms with Crippen molar-refractivity contribution in [2.75, 3.05) is 57.3 Å². The zero-order valence-corrected chi connectivity index (χ0v) is 18.5. The summed E-state index contributed by atoms with van der Waals surface area (Å²) in [5.41, 5.74) is 6.88. The SMILES string of the molecule is I.NC(=NCCCN1CCN(c2ccccc2F)CC1)N1CCCCCC1. The number of nitrogens with zero attached hydrogens (tertiary/aromatic N) is 4. The zero-order chi connectivity index (χ0) is 18.2. The van der Waals surface area contributed by atoms with Gasteiger partial charge in [0, 0.05) is 52.4 Å². The molecule has 0 saturated carbocycles. The molecule has 0 amide bonds. The van der Waals surface area contributed by atoms with Crippen molar-refractivity contribution >= 4 is 35.6 Å². The highest BCUT2D eigenvalue weighted by molar-refractivity contribution is 14.0. The Morgan fingerprint density at radius 2 is 1.63 bits per heavy atom. The number of benzene rings is 1. The van der Waals surface area contributed by atoms with E-state index in [1.165, 1.54) is 31.7 Å². The summed E-state index contributed by atoms with van der Waals surface area (Å²) >= 11 is 0. The molecule has 2 saturated heterocycles. The summed E-state index contributed by atoms with van der Waals surface area (Å²) in [6.07, 6.45) is 6.09. The number of para-hydroxylation sites is 1. The molecule has 152 valence electrons. The van der Waals surface area contributed by atoms with Crippen molar-refractivity contribution in [2.24, 2.45) is 10.7 Å². The number of anilines is 1. The molecule has 0 radical (unpaired) electrons. The summed E-state index contributed by atoms with van der Waals surface area (Å²) in [7, 11) is 0. The average Bonchev–Trinajstić information content (AvgIpc) is 2.96. The molecule has 3 rings (SSSR count). The lowest BCUT2D eigenvalue weighted by atomic mass is 10.2. The molecule has 2 N–H and O–H groups in total. The van der Waals surface area contributed by atoms with Gasteiger partial charge in [-0.25, -0.2) is 4.39 Å². The number of halogens is 2. The molecule has 1 aromatic carbocycles. The van der Waals surface area contributed by atoms with E-state index in [1.54, 1.807) is 6.07 Å². The number of nitrogens with two attached hydrogens (primary N) is 1. The van der Waals surface area contributed by atoms with Crippen LogP contribution in [0.2, 0.25) is 0 Å². The van der Waals surface area contributed by atoms with Gasteiger partial charge in [0.25, 0.3) is 0 Å². The predicted octanol–water partition coefficient (Wildman–Crippen LogP) is 3.15. The van der Waals surface area contributed by atoms with E-state index < -0.39 is 0 Å². The molecule has 2 aliphatic rings. The van der Waals surface area contributed by atoms with Gasteiger partial charge in [0.05, 0.1) is 5.69 Å². The van der Waals surface area contributed by atoms with Crippen LogP contribution in [0.5, 0.6) is 0 Å². The van der Waals surface area contributed by atoms with Crippen LogP contribution in [-0.4, -0.2) is 68.1 Å². The van der Waals surface area contributed by atoms with E-state index in [2.05, 4.69) is 19.7 Å². The Bertz CT molecular complexity index is 581. The van der Waals surface area contributed by atoms with Gasteiger partial charge in [0.1, 0.15) is 5.82 Å². The second-order valence-electron chi connectivity index (χ2n) is 7.27. The van der Waals surface area contributed by atoms with Crippen molar-refractivity contribution in [3.8, 4) is 0 Å². The lowest BCUT2D eigenvalue weighted by Crippen LogP contribution is -2.47. The summed E-state index contributed by atoms with van der Waals surface area (Å²) in [6.45, 7) is 7.61. The minimum Gasteiger partial charge on any atom is -0.370 e. The van der Waals surface area contributed by atoms with Gasteiger partial charge in [0.15, 0.2) is 5.96 Å². The van der Waals surface area contributed by atoms with Crippen LogP contribution in [0.25, 0.3) is 0 Å². The maximum Gasteiger partial charge on any atom is 0.191 e. The normalized spacial score (nSPS) is 19.5. The first kappa shape index (κ1) is 22.2. The maximum absolute atomic E-state index is 13.9. The monoisotopic (exact) mass is 489 g/mol. The van der Waals surface area contributed by atoms with Crippen LogP contribution in [0.3, 0.4) is 0 Å². The van der Waals surface area contributed by atoms with Crippen LogP contribution < -0.4 is 10.6 Å². The van der Waals surface area contributed by atoms with Gasteiger partial charge in [-0.05, 0) is 31.4 Å². The second-order valence-corrected chi connectivity index (χ2v) is 7.27. The molecule has 2 aliphatic heterocycles. The van der Waals surface area contributed by atoms with Crippen LogP contribution in [0.15, 0.2) is 29.3 Å². The number of aliphatic imine (C=N–C) groups is 1. The van der Waals surface area contributed by atoms with E-state index in [-0.39, 0.29) is 29.8 Å². The lowest BCUT2D eigenvalue weighted by Gasteiger charge is -2.36. The minimum atomic E-state index is -0.126. The van der Waals surface area contributed by atoms with E-state index in [9.17, 15) is 4.39 Å². The first-order valence-electron chi connectivity index (χ1n) is 10.0. The van der Waals surface area contributed by atoms with Crippen molar-refractivity contribution in [3.05, 3.63) is 30.1 Å². The molecule has 7 heteroatoms. The summed E-state index contributed by atoms with van der Waals surface area (Å²) in [6, 6.07) is 7.05. The van der Waals surface area contributed by atoms with Crippen LogP contribution in [0.4, 0.5) is 10.1 Å². The largest absolute Gasteiger partial charge is 0.370 e. The van der Waals surface area contributed by atoms with Crippen molar-refractivity contribution in [3.63, 3.8) is 0 Å². The number of hydrogen-bond acceptors (Lipinski definition) is 3. The molecular weight excluding hydrogens is 456 g/mol. The molecular formula is C20H33FIN5. The van der Waals surface area contributed by atoms with Gasteiger partial charge < -0.3 is 15.5 Å². The summed E-state index contributed by atoms with van der Waals surface area (Å²) in [5.74, 6) is 0.593. The maximum atomic E-state index is 13.9. The topological polar surface area (TPSA) is 48.1 Å². The third-order valence-corrected chi connectivity index (χ3v) is 5.40. The molecule has 0 atom stereocenters. The fourth-order valence-electron chi connectivity index (χ4n) is 3.81. The van der Waals surface area contributed by atoms with Crippen LogP contribution in [0, 0.1) is 5.82 Å². The van der Waals surface area contributed by atoms with Crippen molar-refractivity contribution in [1.82, 2.24) is 9.80 Å². The second kappa shape index (κ2) is 11.7. The van der Waals surface area contributed by atoms with E-state index >= 15 is 0 Å². The van der Waals surface area contributed by atoms with Crippen molar-refractivity contribution < 1.29 is 4.39 Å². The molecule has 0 unspecified atom stereocenters. The fraction of sp³-hybridized carbons (Fsp3) is 0.650. The average molecular weight is 489 g/mol. The van der Waals surface area contributed by atoms with Crippen LogP contribution in [0.1, 0.15) is 32.1 Å². The Hall–Kier alpha value is -1.09. The Labute approximate surface area is 179 Å². The fourth-order valence-corrected chi connectivity index (χ4v) is 3.81. The number of guanidine groups is 1. The first-order valence-corrected chi connectivity index (χ1v) is 10.0. The number of likely N-dealkylation sites (tertiary alicyclic amines) is 1. The summed E-state index contributed by atoms with van der Waals surface area (Å²) in [4.78, 5) is 11.4. The van der Waals surface area contributed by atoms with Crippen LogP contribution >= 0.6 is 24.0 Å². The van der Waals surface area contributed by atoms with Gasteiger partial charge in [-0.3, -0.25) is 9.89 Å². The highest BCUT2D eigenvalue weighted by atomic mass is 127. The van der Waals surface area contributed by atoms with E-state index in [4.69, 9.17) is 5.73 Å². The van der Waals surface area contributed by atoms with Crippen molar-refractivity contribution in [1.29, 1.82) is 0 Å². The molecule has 5 nitrogen and oxygen atoms in total. The van der Waals surface area contributed by atoms with Gasteiger partial charge in [0.2, 0.25) is 0 Å². The molecule has 0 aromatic heterocycles. The Morgan fingerprint density at radius 1 is 0.963 bits per heavy atom. The predicted molar refractivity (Wildman–Crippen MR) is 122 cm³/mol. The lowest BCUT2D eigenvalue weighted by molar-refractivity contribution is 0.255. The third-order valence-electron chi connectivity index (χ3n) is 5.40. The molecule has 2 fully saturated rings. The van der Waals surface area contributed by atoms with Gasteiger partial charge >= 0.3 is 0 Å². The molecule has 2 heterocycles. The molecule has 0 spiro atoms. The van der Waals surface area contributed by atoms with Gasteiger partial charge in [-0.15, -0.1) is 24.0 Å². The summed E-state index contributed by atoms with van der Waals surface area (Å²) < 4.78 is 13.9. The Kier molecular flexibility index (Phi) is 9.61. The third kappa shape index (κ3) is 6.78. The Morgan fingerprint density at radius 3 is 2.30 bits per heavy atom. The standard InChI is InChI=1S/C20H32FN5.HI/c21-18-8-3-4-9-19(18)25-16-14-24(15-17-25)11-7-10-23-20(22)26-12-5-1-2-6-13-26;/h3-4,8-9H,1-2,5-7,10-17H2,(H2,22,23);1H. The van der Waals surface area contributed by atoms with Gasteiger partial charge in [-0.2, -0.15) is 0 Å². The highest BCUT2D eigenvalue weighted by Gasteiger charge is 2.18. The molecule has 0 aliphatic carbocycles. The van der Waals surface area contributed by atoms with E-state index in [0.29, 0.717) is 0 Å². The van der Waals surface area contributed by atoms with Crippen LogP contribution in [-0.2, 0) is 0 Å². The zero-order valence-electron chi connectivity index (χ0n) is 16.2. The number of piperazine rings is 1. The van der Waals surface area contributed by atoms with Crippen molar-refractivity contribution in [2.45, 2.75) is 32.1 Å². The highest BCUT2D eigenvalue weighted by Crippen LogP contribution is 2.20. The molecule has 0 bridgehead atoms. The van der Waals surface area contributed by atoms with Gasteiger partial charge in [-0.1, -0.05) is 25.0 Å². The number of hydrogen-bond donors (Lipinski definition) is 1. The summed E-state index contributed by atoms with van der Waals surface area (Å²) in [5, 5.41) is 0. The smallest absolute Gasteiger partial charge is 0.191 e. The van der Waals surface area contributed by atoms with E-state index in [0.717, 1.165) is 70.4 Å². The first-order chi connectivity index (χ1) is 12.7. The Balaban J connectivity index is 0.00000261. The molecule has 1 aromatic rings. The number of rotatable bonds is 5. The van der Waals surface area contributed by atoms with E-state index in [1.807, 2.05) is 12.1 Å². The quantitative estimate of drug-likeness (QED) is 0.299. The molecule has 27 heavy (non-hydrogen) atoms.